The number of nitrogens with zero attached hydrogens (tertiary/aromatic N) is 2. The number of halogens is 2. The molecule has 0 aliphatic heterocycles. The van der Waals surface area contributed by atoms with Crippen LogP contribution in [0.3, 0.4) is 0 Å². The van der Waals surface area contributed by atoms with Crippen LogP contribution < -0.4 is 4.90 Å². The molecule has 0 fully saturated rings. The molecule has 0 saturated heterocycles. The van der Waals surface area contributed by atoms with Gasteiger partial charge in [-0.2, -0.15) is 4.39 Å². The topological polar surface area (TPSA) is 16.1 Å². The van der Waals surface area contributed by atoms with E-state index >= 15 is 0 Å². The maximum Gasteiger partial charge on any atom is 0.214 e. The van der Waals surface area contributed by atoms with E-state index in [1.54, 1.807) is 6.07 Å². The number of pyridine rings is 1. The fourth-order valence-corrected chi connectivity index (χ4v) is 1.84. The Hall–Kier alpha value is -1.61. The zero-order chi connectivity index (χ0) is 12.3. The standard InChI is InChI=1S/C13H12ClFN2/c1-17(12-5-6-16-13(15)8-12)9-10-3-2-4-11(14)7-10/h2-8H,9H2,1H3. The summed E-state index contributed by atoms with van der Waals surface area (Å²) in [5, 5.41) is 0.705. The maximum absolute atomic E-state index is 13.0. The second-order valence-corrected chi connectivity index (χ2v) is 4.26. The lowest BCUT2D eigenvalue weighted by atomic mass is 10.2. The molecule has 0 spiro atoms. The Morgan fingerprint density at radius 2 is 2.12 bits per heavy atom. The van der Waals surface area contributed by atoms with Crippen molar-refractivity contribution in [2.75, 3.05) is 11.9 Å². The average molecular weight is 251 g/mol. The van der Waals surface area contributed by atoms with Gasteiger partial charge in [-0.25, -0.2) is 4.98 Å². The molecule has 17 heavy (non-hydrogen) atoms. The Bertz CT molecular complexity index is 516. The fourth-order valence-electron chi connectivity index (χ4n) is 1.63. The number of aromatic nitrogens is 1. The van der Waals surface area contributed by atoms with Crippen LogP contribution in [-0.2, 0) is 6.54 Å². The van der Waals surface area contributed by atoms with Crippen molar-refractivity contribution in [2.45, 2.75) is 6.54 Å². The first kappa shape index (κ1) is 11.9. The Morgan fingerprint density at radius 1 is 1.29 bits per heavy atom. The van der Waals surface area contributed by atoms with E-state index in [1.165, 1.54) is 12.3 Å². The molecule has 1 heterocycles. The molecule has 0 N–H and O–H groups in total. The molecule has 0 aliphatic rings. The van der Waals surface area contributed by atoms with Crippen molar-refractivity contribution >= 4 is 17.3 Å². The van der Waals surface area contributed by atoms with Gasteiger partial charge in [-0.3, -0.25) is 0 Å². The lowest BCUT2D eigenvalue weighted by Gasteiger charge is -2.19. The third-order valence-electron chi connectivity index (χ3n) is 2.46. The summed E-state index contributed by atoms with van der Waals surface area (Å²) in [5.41, 5.74) is 1.87. The highest BCUT2D eigenvalue weighted by atomic mass is 35.5. The minimum absolute atomic E-state index is 0.472. The summed E-state index contributed by atoms with van der Waals surface area (Å²) < 4.78 is 13.0. The molecule has 2 aromatic rings. The predicted octanol–water partition coefficient (Wildman–Crippen LogP) is 3.51. The summed E-state index contributed by atoms with van der Waals surface area (Å²) in [6, 6.07) is 10.8. The highest BCUT2D eigenvalue weighted by Crippen LogP contribution is 2.17. The van der Waals surface area contributed by atoms with Gasteiger partial charge in [0.2, 0.25) is 5.95 Å². The van der Waals surface area contributed by atoms with Gasteiger partial charge in [0, 0.05) is 36.6 Å². The number of hydrogen-bond donors (Lipinski definition) is 0. The van der Waals surface area contributed by atoms with Gasteiger partial charge in [0.05, 0.1) is 0 Å². The van der Waals surface area contributed by atoms with Crippen LogP contribution in [0.5, 0.6) is 0 Å². The van der Waals surface area contributed by atoms with Gasteiger partial charge in [-0.1, -0.05) is 23.7 Å². The van der Waals surface area contributed by atoms with E-state index in [2.05, 4.69) is 4.98 Å². The number of rotatable bonds is 3. The Balaban J connectivity index is 2.14. The fraction of sp³-hybridized carbons (Fsp3) is 0.154. The van der Waals surface area contributed by atoms with Crippen LogP contribution in [0.2, 0.25) is 5.02 Å². The molecular weight excluding hydrogens is 239 g/mol. The van der Waals surface area contributed by atoms with E-state index < -0.39 is 5.95 Å². The first-order chi connectivity index (χ1) is 8.15. The van der Waals surface area contributed by atoms with Crippen LogP contribution in [0.15, 0.2) is 42.6 Å². The molecule has 0 atom stereocenters. The average Bonchev–Trinajstić information content (AvgIpc) is 2.29. The van der Waals surface area contributed by atoms with Crippen LogP contribution in [-0.4, -0.2) is 12.0 Å². The lowest BCUT2D eigenvalue weighted by Crippen LogP contribution is -2.16. The Morgan fingerprint density at radius 3 is 2.82 bits per heavy atom. The molecule has 4 heteroatoms. The first-order valence-electron chi connectivity index (χ1n) is 5.22. The van der Waals surface area contributed by atoms with Crippen molar-refractivity contribution < 1.29 is 4.39 Å². The molecule has 88 valence electrons. The lowest BCUT2D eigenvalue weighted by molar-refractivity contribution is 0.583. The zero-order valence-corrected chi connectivity index (χ0v) is 10.2. The minimum Gasteiger partial charge on any atom is -0.370 e. The number of hydrogen-bond acceptors (Lipinski definition) is 2. The Labute approximate surface area is 105 Å². The quantitative estimate of drug-likeness (QED) is 0.775. The normalized spacial score (nSPS) is 10.3. The largest absolute Gasteiger partial charge is 0.370 e. The summed E-state index contributed by atoms with van der Waals surface area (Å²) in [4.78, 5) is 5.47. The second kappa shape index (κ2) is 5.15. The van der Waals surface area contributed by atoms with Crippen molar-refractivity contribution in [3.8, 4) is 0 Å². The maximum atomic E-state index is 13.0. The molecule has 2 nitrogen and oxygen atoms in total. The van der Waals surface area contributed by atoms with Gasteiger partial charge in [-0.15, -0.1) is 0 Å². The van der Waals surface area contributed by atoms with Crippen LogP contribution in [0.1, 0.15) is 5.56 Å². The molecule has 0 saturated carbocycles. The van der Waals surface area contributed by atoms with Gasteiger partial charge in [0.1, 0.15) is 0 Å². The van der Waals surface area contributed by atoms with Crippen LogP contribution >= 0.6 is 11.6 Å². The van der Waals surface area contributed by atoms with E-state index in [-0.39, 0.29) is 0 Å². The molecule has 0 amide bonds. The van der Waals surface area contributed by atoms with Gasteiger partial charge < -0.3 is 4.90 Å². The molecule has 0 bridgehead atoms. The first-order valence-corrected chi connectivity index (χ1v) is 5.60. The summed E-state index contributed by atoms with van der Waals surface area (Å²) in [6.45, 7) is 0.671. The van der Waals surface area contributed by atoms with Crippen molar-refractivity contribution in [3.05, 3.63) is 59.1 Å². The second-order valence-electron chi connectivity index (χ2n) is 3.82. The summed E-state index contributed by atoms with van der Waals surface area (Å²) in [7, 11) is 1.90. The molecule has 0 aliphatic carbocycles. The van der Waals surface area contributed by atoms with Gasteiger partial charge in [0.25, 0.3) is 0 Å². The SMILES string of the molecule is CN(Cc1cccc(Cl)c1)c1ccnc(F)c1. The third-order valence-corrected chi connectivity index (χ3v) is 2.69. The summed E-state index contributed by atoms with van der Waals surface area (Å²) in [6.07, 6.45) is 1.46. The third kappa shape index (κ3) is 3.17. The van der Waals surface area contributed by atoms with Crippen molar-refractivity contribution in [3.63, 3.8) is 0 Å². The van der Waals surface area contributed by atoms with E-state index in [0.29, 0.717) is 11.6 Å². The van der Waals surface area contributed by atoms with Gasteiger partial charge >= 0.3 is 0 Å². The van der Waals surface area contributed by atoms with Crippen molar-refractivity contribution in [1.82, 2.24) is 4.98 Å². The van der Waals surface area contributed by atoms with Crippen molar-refractivity contribution in [2.24, 2.45) is 0 Å². The monoisotopic (exact) mass is 250 g/mol. The van der Waals surface area contributed by atoms with Crippen LogP contribution in [0, 0.1) is 5.95 Å². The van der Waals surface area contributed by atoms with E-state index in [0.717, 1.165) is 11.3 Å². The van der Waals surface area contributed by atoms with E-state index in [1.807, 2.05) is 36.2 Å². The molecule has 1 aromatic heterocycles. The summed E-state index contributed by atoms with van der Waals surface area (Å²) >= 11 is 5.91. The summed E-state index contributed by atoms with van der Waals surface area (Å²) in [5.74, 6) is -0.472. The van der Waals surface area contributed by atoms with Crippen molar-refractivity contribution in [1.29, 1.82) is 0 Å². The smallest absolute Gasteiger partial charge is 0.214 e. The highest BCUT2D eigenvalue weighted by molar-refractivity contribution is 6.30. The van der Waals surface area contributed by atoms with Crippen LogP contribution in [0.4, 0.5) is 10.1 Å². The minimum atomic E-state index is -0.472. The number of benzene rings is 1. The molecule has 1 aromatic carbocycles. The van der Waals surface area contributed by atoms with Crippen LogP contribution in [0.25, 0.3) is 0 Å². The molecule has 2 rings (SSSR count). The molecule has 0 unspecified atom stereocenters. The molecular formula is C13H12ClFN2. The van der Waals surface area contributed by atoms with E-state index in [9.17, 15) is 4.39 Å². The zero-order valence-electron chi connectivity index (χ0n) is 9.40. The predicted molar refractivity (Wildman–Crippen MR) is 67.8 cm³/mol. The number of anilines is 1. The highest BCUT2D eigenvalue weighted by Gasteiger charge is 2.04. The Kier molecular flexibility index (Phi) is 3.59. The van der Waals surface area contributed by atoms with Gasteiger partial charge in [0.15, 0.2) is 0 Å². The molecule has 0 radical (unpaired) electrons. The van der Waals surface area contributed by atoms with Gasteiger partial charge in [-0.05, 0) is 23.8 Å². The van der Waals surface area contributed by atoms with E-state index in [4.69, 9.17) is 11.6 Å².